The van der Waals surface area contributed by atoms with E-state index in [1.807, 2.05) is 43.3 Å². The molecule has 1 spiro atoms. The Morgan fingerprint density at radius 3 is 2.39 bits per heavy atom. The van der Waals surface area contributed by atoms with Gasteiger partial charge in [0.2, 0.25) is 15.9 Å². The Kier molecular flexibility index (Phi) is 4.88. The summed E-state index contributed by atoms with van der Waals surface area (Å²) >= 11 is 0. The van der Waals surface area contributed by atoms with Gasteiger partial charge in [0, 0.05) is 25.4 Å². The number of hydrogen-bond donors (Lipinski definition) is 1. The van der Waals surface area contributed by atoms with Crippen molar-refractivity contribution in [1.82, 2.24) is 9.21 Å². The molecule has 0 unspecified atom stereocenters. The minimum absolute atomic E-state index is 0.0523. The fourth-order valence-electron chi connectivity index (χ4n) is 4.88. The lowest BCUT2D eigenvalue weighted by Crippen LogP contribution is -2.85. The fraction of sp³-hybridized carbons (Fsp3) is 0.571. The van der Waals surface area contributed by atoms with Crippen molar-refractivity contribution in [3.05, 3.63) is 41.5 Å². The Morgan fingerprint density at radius 2 is 1.89 bits per heavy atom. The van der Waals surface area contributed by atoms with Gasteiger partial charge in [-0.25, -0.2) is 8.42 Å². The van der Waals surface area contributed by atoms with E-state index in [0.717, 1.165) is 24.0 Å². The van der Waals surface area contributed by atoms with Gasteiger partial charge < -0.3 is 10.0 Å². The Morgan fingerprint density at radius 1 is 1.25 bits per heavy atom. The predicted molar refractivity (Wildman–Crippen MR) is 108 cm³/mol. The highest BCUT2D eigenvalue weighted by molar-refractivity contribution is 7.88. The van der Waals surface area contributed by atoms with Gasteiger partial charge in [-0.1, -0.05) is 36.4 Å². The Hall–Kier alpha value is -1.70. The van der Waals surface area contributed by atoms with Gasteiger partial charge in [-0.15, -0.1) is 0 Å². The fourth-order valence-corrected chi connectivity index (χ4v) is 5.80. The second-order valence-corrected chi connectivity index (χ2v) is 10.4. The molecule has 1 aliphatic carbocycles. The number of sulfonamides is 1. The minimum Gasteiger partial charge on any atom is -0.394 e. The van der Waals surface area contributed by atoms with E-state index in [4.69, 9.17) is 0 Å². The highest BCUT2D eigenvalue weighted by Crippen LogP contribution is 2.55. The SMILES string of the molecule is C/C=C/c1ccc([C@H]2[C@@H](CO)N(C(=O)CC3CC3)C23CN(S(C)(=O)=O)C3)cc1. The molecule has 0 aromatic heterocycles. The quantitative estimate of drug-likeness (QED) is 0.785. The molecule has 152 valence electrons. The van der Waals surface area contributed by atoms with Gasteiger partial charge in [0.1, 0.15) is 0 Å². The molecule has 0 bridgehead atoms. The van der Waals surface area contributed by atoms with E-state index < -0.39 is 15.6 Å². The van der Waals surface area contributed by atoms with Crippen molar-refractivity contribution < 1.29 is 18.3 Å². The normalized spacial score (nSPS) is 27.0. The molecule has 1 saturated carbocycles. The molecule has 28 heavy (non-hydrogen) atoms. The molecule has 1 amide bonds. The molecule has 7 heteroatoms. The van der Waals surface area contributed by atoms with Crippen LogP contribution in [0.4, 0.5) is 0 Å². The van der Waals surface area contributed by atoms with E-state index in [0.29, 0.717) is 25.4 Å². The summed E-state index contributed by atoms with van der Waals surface area (Å²) in [6, 6.07) is 7.84. The molecule has 1 N–H and O–H groups in total. The molecule has 2 saturated heterocycles. The maximum atomic E-state index is 13.0. The van der Waals surface area contributed by atoms with Crippen LogP contribution in [0.1, 0.15) is 43.2 Å². The van der Waals surface area contributed by atoms with Crippen molar-refractivity contribution in [3.8, 4) is 0 Å². The molecule has 3 fully saturated rings. The summed E-state index contributed by atoms with van der Waals surface area (Å²) in [5, 5.41) is 10.1. The van der Waals surface area contributed by atoms with Crippen LogP contribution in [0.25, 0.3) is 6.08 Å². The number of aliphatic hydroxyl groups excluding tert-OH is 1. The highest BCUT2D eigenvalue weighted by Gasteiger charge is 2.68. The van der Waals surface area contributed by atoms with Crippen LogP contribution in [0.2, 0.25) is 0 Å². The van der Waals surface area contributed by atoms with Crippen LogP contribution in [-0.4, -0.2) is 66.2 Å². The molecule has 6 nitrogen and oxygen atoms in total. The third-order valence-corrected chi connectivity index (χ3v) is 7.61. The predicted octanol–water partition coefficient (Wildman–Crippen LogP) is 1.82. The number of hydrogen-bond acceptors (Lipinski definition) is 4. The van der Waals surface area contributed by atoms with Crippen molar-refractivity contribution >= 4 is 22.0 Å². The number of benzene rings is 1. The Labute approximate surface area is 166 Å². The molecule has 2 aliphatic heterocycles. The van der Waals surface area contributed by atoms with Gasteiger partial charge in [-0.3, -0.25) is 4.79 Å². The summed E-state index contributed by atoms with van der Waals surface area (Å²) in [6.07, 6.45) is 7.88. The Balaban J connectivity index is 1.64. The number of carbonyl (C=O) groups is 1. The standard InChI is InChI=1S/C21H28N2O4S/c1-3-4-15-7-9-17(10-8-15)20-18(12-24)23(19(25)11-16-5-6-16)21(20)13-22(14-21)28(2,26)27/h3-4,7-10,16,18,20,24H,5-6,11-14H2,1-2H3/b4-3+/t18-,20+/m1/s1. The van der Waals surface area contributed by atoms with Crippen LogP contribution in [0.5, 0.6) is 0 Å². The topological polar surface area (TPSA) is 77.9 Å². The number of aliphatic hydroxyl groups is 1. The lowest BCUT2D eigenvalue weighted by molar-refractivity contribution is -0.189. The second kappa shape index (κ2) is 6.97. The van der Waals surface area contributed by atoms with Crippen LogP contribution in [0.3, 0.4) is 0 Å². The number of allylic oxidation sites excluding steroid dienone is 1. The second-order valence-electron chi connectivity index (χ2n) is 8.44. The Bertz CT molecular complexity index is 883. The highest BCUT2D eigenvalue weighted by atomic mass is 32.2. The van der Waals surface area contributed by atoms with Crippen LogP contribution < -0.4 is 0 Å². The number of carbonyl (C=O) groups excluding carboxylic acids is 1. The number of rotatable bonds is 6. The summed E-state index contributed by atoms with van der Waals surface area (Å²) < 4.78 is 25.4. The maximum absolute atomic E-state index is 13.0. The zero-order valence-electron chi connectivity index (χ0n) is 16.4. The van der Waals surface area contributed by atoms with Gasteiger partial charge in [0.25, 0.3) is 0 Å². The first-order valence-corrected chi connectivity index (χ1v) is 11.8. The van der Waals surface area contributed by atoms with E-state index in [2.05, 4.69) is 0 Å². The summed E-state index contributed by atoms with van der Waals surface area (Å²) in [5.74, 6) is 0.448. The molecule has 2 heterocycles. The zero-order chi connectivity index (χ0) is 20.1. The summed E-state index contributed by atoms with van der Waals surface area (Å²) in [7, 11) is -3.29. The lowest BCUT2D eigenvalue weighted by Gasteiger charge is -2.70. The van der Waals surface area contributed by atoms with Crippen LogP contribution in [-0.2, 0) is 14.8 Å². The molecule has 1 aromatic carbocycles. The van der Waals surface area contributed by atoms with Crippen molar-refractivity contribution in [2.24, 2.45) is 5.92 Å². The van der Waals surface area contributed by atoms with Gasteiger partial charge in [-0.2, -0.15) is 4.31 Å². The van der Waals surface area contributed by atoms with E-state index in [1.54, 1.807) is 4.90 Å². The smallest absolute Gasteiger partial charge is 0.223 e. The molecule has 1 aromatic rings. The third-order valence-electron chi connectivity index (χ3n) is 6.42. The third kappa shape index (κ3) is 3.19. The summed E-state index contributed by atoms with van der Waals surface area (Å²) in [6.45, 7) is 2.46. The lowest BCUT2D eigenvalue weighted by atomic mass is 9.61. The van der Waals surface area contributed by atoms with E-state index in [9.17, 15) is 18.3 Å². The monoisotopic (exact) mass is 404 g/mol. The maximum Gasteiger partial charge on any atom is 0.223 e. The first kappa shape index (κ1) is 19.6. The summed E-state index contributed by atoms with van der Waals surface area (Å²) in [4.78, 5) is 14.8. The summed E-state index contributed by atoms with van der Waals surface area (Å²) in [5.41, 5.74) is 1.61. The van der Waals surface area contributed by atoms with Crippen LogP contribution in [0, 0.1) is 5.92 Å². The van der Waals surface area contributed by atoms with Gasteiger partial charge in [0.15, 0.2) is 0 Å². The van der Waals surface area contributed by atoms with E-state index in [1.165, 1.54) is 10.6 Å². The largest absolute Gasteiger partial charge is 0.394 e. The minimum atomic E-state index is -3.29. The van der Waals surface area contributed by atoms with Crippen molar-refractivity contribution in [2.45, 2.75) is 43.7 Å². The van der Waals surface area contributed by atoms with Crippen LogP contribution >= 0.6 is 0 Å². The van der Waals surface area contributed by atoms with Crippen molar-refractivity contribution in [3.63, 3.8) is 0 Å². The number of likely N-dealkylation sites (tertiary alicyclic amines) is 1. The molecule has 4 rings (SSSR count). The first-order valence-electron chi connectivity index (χ1n) is 9.91. The van der Waals surface area contributed by atoms with E-state index >= 15 is 0 Å². The van der Waals surface area contributed by atoms with Gasteiger partial charge >= 0.3 is 0 Å². The number of amides is 1. The average Bonchev–Trinajstić information content (AvgIpc) is 3.37. The number of nitrogens with zero attached hydrogens (tertiary/aromatic N) is 2. The van der Waals surface area contributed by atoms with E-state index in [-0.39, 0.29) is 24.5 Å². The molecular weight excluding hydrogens is 376 g/mol. The van der Waals surface area contributed by atoms with Gasteiger partial charge in [-0.05, 0) is 36.8 Å². The molecular formula is C21H28N2O4S. The average molecular weight is 405 g/mol. The zero-order valence-corrected chi connectivity index (χ0v) is 17.2. The van der Waals surface area contributed by atoms with Crippen molar-refractivity contribution in [1.29, 1.82) is 0 Å². The molecule has 0 radical (unpaired) electrons. The molecule has 2 atom stereocenters. The van der Waals surface area contributed by atoms with Gasteiger partial charge in [0.05, 0.1) is 24.4 Å². The molecule has 3 aliphatic rings. The van der Waals surface area contributed by atoms with Crippen molar-refractivity contribution in [2.75, 3.05) is 26.0 Å². The van der Waals surface area contributed by atoms with Crippen LogP contribution in [0.15, 0.2) is 30.3 Å². The first-order chi connectivity index (χ1) is 13.3.